The maximum absolute atomic E-state index is 12.6. The van der Waals surface area contributed by atoms with Crippen molar-refractivity contribution in [3.63, 3.8) is 0 Å². The van der Waals surface area contributed by atoms with Crippen LogP contribution in [0.4, 0.5) is 0 Å². The van der Waals surface area contributed by atoms with Crippen LogP contribution in [0.1, 0.15) is 11.1 Å². The van der Waals surface area contributed by atoms with Gasteiger partial charge in [0.05, 0.1) is 20.0 Å². The molecule has 0 N–H and O–H groups in total. The zero-order valence-corrected chi connectivity index (χ0v) is 17.5. The number of thioether (sulfide) groups is 1. The average Bonchev–Trinajstić information content (AvgIpc) is 2.72. The monoisotopic (exact) mass is 395 g/mol. The second-order valence-electron chi connectivity index (χ2n) is 6.68. The molecule has 0 atom stereocenters. The first kappa shape index (κ1) is 20.1. The van der Waals surface area contributed by atoms with E-state index in [4.69, 9.17) is 9.47 Å². The third-order valence-corrected chi connectivity index (χ3v) is 5.74. The van der Waals surface area contributed by atoms with E-state index in [-0.39, 0.29) is 5.91 Å². The van der Waals surface area contributed by atoms with E-state index in [1.165, 1.54) is 10.8 Å². The van der Waals surface area contributed by atoms with Crippen LogP contribution in [0.2, 0.25) is 0 Å². The maximum Gasteiger partial charge on any atom is 0.232 e. The van der Waals surface area contributed by atoms with Crippen LogP contribution in [0.5, 0.6) is 11.5 Å². The Balaban J connectivity index is 1.64. The van der Waals surface area contributed by atoms with Gasteiger partial charge in [0.25, 0.3) is 0 Å². The molecular weight excluding hydrogens is 370 g/mol. The molecule has 0 aliphatic rings. The Bertz CT molecular complexity index is 987. The number of aryl methyl sites for hydroxylation is 1. The van der Waals surface area contributed by atoms with Crippen molar-refractivity contribution in [1.82, 2.24) is 4.90 Å². The summed E-state index contributed by atoms with van der Waals surface area (Å²) in [7, 11) is 5.07. The standard InChI is InChI=1S/C23H25NO3S/c1-16-11-21(26-3)22(27-4)13-19(16)14-24(2)23(25)15-28-20-10-9-17-7-5-6-8-18(17)12-20/h5-13H,14-15H2,1-4H3. The molecule has 0 saturated heterocycles. The summed E-state index contributed by atoms with van der Waals surface area (Å²) < 4.78 is 10.7. The number of carbonyl (C=O) groups excluding carboxylic acids is 1. The third kappa shape index (κ3) is 4.60. The third-order valence-electron chi connectivity index (χ3n) is 4.76. The predicted octanol–water partition coefficient (Wildman–Crippen LogP) is 4.92. The molecule has 5 heteroatoms. The number of amides is 1. The molecule has 0 unspecified atom stereocenters. The molecule has 3 aromatic carbocycles. The lowest BCUT2D eigenvalue weighted by Gasteiger charge is -2.20. The Hall–Kier alpha value is -2.66. The number of hydrogen-bond acceptors (Lipinski definition) is 4. The van der Waals surface area contributed by atoms with Crippen molar-refractivity contribution in [2.24, 2.45) is 0 Å². The molecule has 0 aliphatic heterocycles. The predicted molar refractivity (Wildman–Crippen MR) is 115 cm³/mol. The zero-order chi connectivity index (χ0) is 20.1. The van der Waals surface area contributed by atoms with Gasteiger partial charge in [-0.25, -0.2) is 0 Å². The molecule has 0 aliphatic carbocycles. The van der Waals surface area contributed by atoms with E-state index >= 15 is 0 Å². The fraction of sp³-hybridized carbons (Fsp3) is 0.261. The molecule has 0 fully saturated rings. The normalized spacial score (nSPS) is 10.7. The minimum absolute atomic E-state index is 0.0901. The maximum atomic E-state index is 12.6. The fourth-order valence-electron chi connectivity index (χ4n) is 3.05. The number of nitrogens with zero attached hydrogens (tertiary/aromatic N) is 1. The highest BCUT2D eigenvalue weighted by Gasteiger charge is 2.14. The van der Waals surface area contributed by atoms with Gasteiger partial charge in [0.15, 0.2) is 11.5 Å². The first-order chi connectivity index (χ1) is 13.5. The van der Waals surface area contributed by atoms with Crippen LogP contribution < -0.4 is 9.47 Å². The summed E-state index contributed by atoms with van der Waals surface area (Å²) in [4.78, 5) is 15.5. The van der Waals surface area contributed by atoms with Crippen molar-refractivity contribution in [3.8, 4) is 11.5 Å². The summed E-state index contributed by atoms with van der Waals surface area (Å²) in [5.74, 6) is 1.87. The number of hydrogen-bond donors (Lipinski definition) is 0. The number of benzene rings is 3. The van der Waals surface area contributed by atoms with E-state index in [1.807, 2.05) is 38.2 Å². The van der Waals surface area contributed by atoms with Crippen LogP contribution in [0.25, 0.3) is 10.8 Å². The summed E-state index contributed by atoms with van der Waals surface area (Å²) in [6.07, 6.45) is 0. The van der Waals surface area contributed by atoms with Crippen LogP contribution in [0.3, 0.4) is 0 Å². The molecule has 0 heterocycles. The lowest BCUT2D eigenvalue weighted by atomic mass is 10.1. The van der Waals surface area contributed by atoms with Crippen molar-refractivity contribution in [1.29, 1.82) is 0 Å². The number of fused-ring (bicyclic) bond motifs is 1. The zero-order valence-electron chi connectivity index (χ0n) is 16.7. The second kappa shape index (κ2) is 9.02. The lowest BCUT2D eigenvalue weighted by molar-refractivity contribution is -0.127. The van der Waals surface area contributed by atoms with Gasteiger partial charge in [0.1, 0.15) is 0 Å². The van der Waals surface area contributed by atoms with Crippen molar-refractivity contribution < 1.29 is 14.3 Å². The molecule has 0 aromatic heterocycles. The van der Waals surface area contributed by atoms with Crippen molar-refractivity contribution in [3.05, 3.63) is 65.7 Å². The lowest BCUT2D eigenvalue weighted by Crippen LogP contribution is -2.28. The van der Waals surface area contributed by atoms with Gasteiger partial charge in [-0.15, -0.1) is 11.8 Å². The molecule has 1 amide bonds. The van der Waals surface area contributed by atoms with Gasteiger partial charge in [-0.3, -0.25) is 4.79 Å². The molecular formula is C23H25NO3S. The molecule has 3 rings (SSSR count). The SMILES string of the molecule is COc1cc(C)c(CN(C)C(=O)CSc2ccc3ccccc3c2)cc1OC. The van der Waals surface area contributed by atoms with Gasteiger partial charge in [-0.05, 0) is 53.1 Å². The van der Waals surface area contributed by atoms with E-state index in [0.717, 1.165) is 16.0 Å². The molecule has 4 nitrogen and oxygen atoms in total. The Morgan fingerprint density at radius 3 is 2.36 bits per heavy atom. The highest BCUT2D eigenvalue weighted by atomic mass is 32.2. The smallest absolute Gasteiger partial charge is 0.232 e. The Morgan fingerprint density at radius 2 is 1.64 bits per heavy atom. The summed E-state index contributed by atoms with van der Waals surface area (Å²) in [6, 6.07) is 18.4. The average molecular weight is 396 g/mol. The van der Waals surface area contributed by atoms with E-state index in [0.29, 0.717) is 23.8 Å². The highest BCUT2D eigenvalue weighted by molar-refractivity contribution is 8.00. The quantitative estimate of drug-likeness (QED) is 0.533. The van der Waals surface area contributed by atoms with Crippen molar-refractivity contribution in [2.75, 3.05) is 27.0 Å². The van der Waals surface area contributed by atoms with E-state index in [1.54, 1.807) is 30.9 Å². The van der Waals surface area contributed by atoms with Gasteiger partial charge in [-0.1, -0.05) is 30.3 Å². The van der Waals surface area contributed by atoms with Gasteiger partial charge >= 0.3 is 0 Å². The Labute approximate surface area is 170 Å². The largest absolute Gasteiger partial charge is 0.493 e. The van der Waals surface area contributed by atoms with Crippen LogP contribution >= 0.6 is 11.8 Å². The van der Waals surface area contributed by atoms with Crippen LogP contribution in [-0.2, 0) is 11.3 Å². The Morgan fingerprint density at radius 1 is 0.964 bits per heavy atom. The first-order valence-corrected chi connectivity index (χ1v) is 10.1. The minimum atomic E-state index is 0.0901. The van der Waals surface area contributed by atoms with Gasteiger partial charge in [0, 0.05) is 18.5 Å². The first-order valence-electron chi connectivity index (χ1n) is 9.09. The van der Waals surface area contributed by atoms with Crippen LogP contribution in [0.15, 0.2) is 59.5 Å². The van der Waals surface area contributed by atoms with E-state index in [9.17, 15) is 4.79 Å². The topological polar surface area (TPSA) is 38.8 Å². The molecule has 146 valence electrons. The van der Waals surface area contributed by atoms with Crippen molar-refractivity contribution in [2.45, 2.75) is 18.4 Å². The van der Waals surface area contributed by atoms with Gasteiger partial charge in [0.2, 0.25) is 5.91 Å². The van der Waals surface area contributed by atoms with Gasteiger partial charge in [-0.2, -0.15) is 0 Å². The Kier molecular flexibility index (Phi) is 6.47. The molecule has 0 radical (unpaired) electrons. The van der Waals surface area contributed by atoms with E-state index in [2.05, 4.69) is 30.3 Å². The second-order valence-corrected chi connectivity index (χ2v) is 7.73. The van der Waals surface area contributed by atoms with E-state index < -0.39 is 0 Å². The van der Waals surface area contributed by atoms with Crippen LogP contribution in [-0.4, -0.2) is 37.8 Å². The molecule has 3 aromatic rings. The van der Waals surface area contributed by atoms with Crippen molar-refractivity contribution >= 4 is 28.4 Å². The number of carbonyl (C=O) groups is 1. The molecule has 0 bridgehead atoms. The number of ether oxygens (including phenoxy) is 2. The number of methoxy groups -OCH3 is 2. The molecule has 0 spiro atoms. The fourth-order valence-corrected chi connectivity index (χ4v) is 3.93. The van der Waals surface area contributed by atoms with Crippen LogP contribution in [0, 0.1) is 6.92 Å². The highest BCUT2D eigenvalue weighted by Crippen LogP contribution is 2.31. The number of rotatable bonds is 7. The molecule has 28 heavy (non-hydrogen) atoms. The summed E-state index contributed by atoms with van der Waals surface area (Å²) >= 11 is 1.56. The summed E-state index contributed by atoms with van der Waals surface area (Å²) in [6.45, 7) is 2.54. The molecule has 0 saturated carbocycles. The summed E-state index contributed by atoms with van der Waals surface area (Å²) in [5, 5.41) is 2.40. The summed E-state index contributed by atoms with van der Waals surface area (Å²) in [5.41, 5.74) is 2.11. The van der Waals surface area contributed by atoms with Gasteiger partial charge < -0.3 is 14.4 Å². The minimum Gasteiger partial charge on any atom is -0.493 e.